The first-order valence-electron chi connectivity index (χ1n) is 8.63. The van der Waals surface area contributed by atoms with Crippen LogP contribution in [0.15, 0.2) is 59.0 Å². The van der Waals surface area contributed by atoms with Crippen LogP contribution in [0.1, 0.15) is 30.0 Å². The predicted molar refractivity (Wildman–Crippen MR) is 106 cm³/mol. The van der Waals surface area contributed by atoms with Crippen LogP contribution < -0.4 is 0 Å². The van der Waals surface area contributed by atoms with E-state index >= 15 is 0 Å². The highest BCUT2D eigenvalue weighted by atomic mass is 32.2. The number of carboxylic acid groups (broad SMARTS) is 1. The summed E-state index contributed by atoms with van der Waals surface area (Å²) < 4.78 is 28.6. The molecule has 0 saturated carbocycles. The molecular formula is C21H22O6S. The standard InChI is InChI=1S/C21H22O6S/c1-4-27-21(24)18(13-19(22)23)20(16-7-5-6-14(2)12-16)15-8-10-17(11-9-15)28(3,25)26/h5-12H,4,13H2,1-3H3,(H,22,23). The number of hydrogen-bond donors (Lipinski definition) is 1. The van der Waals surface area contributed by atoms with Gasteiger partial charge in [0, 0.05) is 6.26 Å². The molecule has 1 N–H and O–H groups in total. The highest BCUT2D eigenvalue weighted by Gasteiger charge is 2.22. The highest BCUT2D eigenvalue weighted by Crippen LogP contribution is 2.31. The van der Waals surface area contributed by atoms with E-state index in [1.807, 2.05) is 19.1 Å². The average molecular weight is 402 g/mol. The Hall–Kier alpha value is -2.93. The van der Waals surface area contributed by atoms with Crippen LogP contribution in [0.3, 0.4) is 0 Å². The maximum absolute atomic E-state index is 12.5. The average Bonchev–Trinajstić information content (AvgIpc) is 2.61. The number of rotatable bonds is 7. The third kappa shape index (κ3) is 5.29. The van der Waals surface area contributed by atoms with Crippen molar-refractivity contribution in [1.29, 1.82) is 0 Å². The van der Waals surface area contributed by atoms with Gasteiger partial charge in [0.1, 0.15) is 0 Å². The molecule has 0 bridgehead atoms. The summed E-state index contributed by atoms with van der Waals surface area (Å²) >= 11 is 0. The lowest BCUT2D eigenvalue weighted by Crippen LogP contribution is -2.14. The zero-order chi connectivity index (χ0) is 20.9. The fourth-order valence-corrected chi connectivity index (χ4v) is 3.45. The van der Waals surface area contributed by atoms with Crippen molar-refractivity contribution >= 4 is 27.3 Å². The van der Waals surface area contributed by atoms with E-state index in [0.29, 0.717) is 16.7 Å². The van der Waals surface area contributed by atoms with E-state index < -0.39 is 28.2 Å². The SMILES string of the molecule is CCOC(=O)C(CC(=O)O)=C(c1ccc(S(C)(=O)=O)cc1)c1cccc(C)c1. The summed E-state index contributed by atoms with van der Waals surface area (Å²) in [6.45, 7) is 3.63. The first-order valence-corrected chi connectivity index (χ1v) is 10.5. The molecule has 2 rings (SSSR count). The van der Waals surface area contributed by atoms with Gasteiger partial charge >= 0.3 is 11.9 Å². The van der Waals surface area contributed by atoms with Gasteiger partial charge in [-0.25, -0.2) is 13.2 Å². The van der Waals surface area contributed by atoms with Crippen molar-refractivity contribution in [3.8, 4) is 0 Å². The summed E-state index contributed by atoms with van der Waals surface area (Å²) in [4.78, 5) is 24.1. The minimum Gasteiger partial charge on any atom is -0.481 e. The molecule has 0 unspecified atom stereocenters. The second-order valence-electron chi connectivity index (χ2n) is 6.31. The summed E-state index contributed by atoms with van der Waals surface area (Å²) in [5.41, 5.74) is 2.52. The second-order valence-corrected chi connectivity index (χ2v) is 8.33. The van der Waals surface area contributed by atoms with Crippen LogP contribution in [0.25, 0.3) is 5.57 Å². The molecule has 0 aromatic heterocycles. The van der Waals surface area contributed by atoms with Gasteiger partial charge in [-0.2, -0.15) is 0 Å². The van der Waals surface area contributed by atoms with E-state index in [0.717, 1.165) is 11.8 Å². The van der Waals surface area contributed by atoms with Gasteiger partial charge in [-0.15, -0.1) is 0 Å². The number of aliphatic carboxylic acids is 1. The Morgan fingerprint density at radius 2 is 1.68 bits per heavy atom. The lowest BCUT2D eigenvalue weighted by molar-refractivity contribution is -0.142. The monoisotopic (exact) mass is 402 g/mol. The van der Waals surface area contributed by atoms with Gasteiger partial charge in [0.2, 0.25) is 0 Å². The van der Waals surface area contributed by atoms with Gasteiger partial charge in [-0.3, -0.25) is 4.79 Å². The molecule has 0 radical (unpaired) electrons. The summed E-state index contributed by atoms with van der Waals surface area (Å²) in [5.74, 6) is -1.88. The van der Waals surface area contributed by atoms with Gasteiger partial charge in [0.15, 0.2) is 9.84 Å². The zero-order valence-electron chi connectivity index (χ0n) is 15.9. The van der Waals surface area contributed by atoms with Gasteiger partial charge in [0.25, 0.3) is 0 Å². The number of carboxylic acids is 1. The first-order chi connectivity index (χ1) is 13.1. The lowest BCUT2D eigenvalue weighted by atomic mass is 9.90. The summed E-state index contributed by atoms with van der Waals surface area (Å²) in [5, 5.41) is 9.33. The minimum absolute atomic E-state index is 0.00653. The van der Waals surface area contributed by atoms with Crippen molar-refractivity contribution in [2.24, 2.45) is 0 Å². The molecule has 28 heavy (non-hydrogen) atoms. The zero-order valence-corrected chi connectivity index (χ0v) is 16.7. The molecule has 148 valence electrons. The third-order valence-corrected chi connectivity index (χ3v) is 5.16. The Labute approximate surface area is 164 Å². The minimum atomic E-state index is -3.38. The number of hydrogen-bond acceptors (Lipinski definition) is 5. The molecule has 0 heterocycles. The van der Waals surface area contributed by atoms with Gasteiger partial charge in [0.05, 0.1) is 23.5 Å². The van der Waals surface area contributed by atoms with E-state index in [1.54, 1.807) is 31.2 Å². The van der Waals surface area contributed by atoms with E-state index in [2.05, 4.69) is 0 Å². The van der Waals surface area contributed by atoms with Crippen LogP contribution >= 0.6 is 0 Å². The molecule has 0 aliphatic rings. The molecule has 0 amide bonds. The number of sulfone groups is 1. The van der Waals surface area contributed by atoms with E-state index in [-0.39, 0.29) is 17.1 Å². The number of esters is 1. The van der Waals surface area contributed by atoms with Crippen molar-refractivity contribution in [2.45, 2.75) is 25.2 Å². The maximum atomic E-state index is 12.5. The topological polar surface area (TPSA) is 97.7 Å². The highest BCUT2D eigenvalue weighted by molar-refractivity contribution is 7.90. The number of ether oxygens (including phenoxy) is 1. The van der Waals surface area contributed by atoms with Crippen molar-refractivity contribution in [1.82, 2.24) is 0 Å². The molecule has 0 fully saturated rings. The quantitative estimate of drug-likeness (QED) is 0.564. The largest absolute Gasteiger partial charge is 0.481 e. The fourth-order valence-electron chi connectivity index (χ4n) is 2.82. The van der Waals surface area contributed by atoms with Gasteiger partial charge in [-0.1, -0.05) is 42.0 Å². The second kappa shape index (κ2) is 8.84. The Balaban J connectivity index is 2.77. The smallest absolute Gasteiger partial charge is 0.335 e. The molecule has 2 aromatic carbocycles. The molecular weight excluding hydrogens is 380 g/mol. The molecule has 0 aliphatic heterocycles. The molecule has 6 nitrogen and oxygen atoms in total. The molecule has 7 heteroatoms. The normalized spacial score (nSPS) is 12.2. The van der Waals surface area contributed by atoms with Crippen molar-refractivity contribution < 1.29 is 27.9 Å². The number of benzene rings is 2. The van der Waals surface area contributed by atoms with Crippen LogP contribution in [-0.2, 0) is 24.2 Å². The summed E-state index contributed by atoms with van der Waals surface area (Å²) in [6, 6.07) is 13.3. The first kappa shape index (κ1) is 21.4. The summed E-state index contributed by atoms with van der Waals surface area (Å²) in [6.07, 6.45) is 0.587. The van der Waals surface area contributed by atoms with Gasteiger partial charge < -0.3 is 9.84 Å². The van der Waals surface area contributed by atoms with Crippen LogP contribution in [0.5, 0.6) is 0 Å². The fraction of sp³-hybridized carbons (Fsp3) is 0.238. The molecule has 0 spiro atoms. The van der Waals surface area contributed by atoms with Crippen molar-refractivity contribution in [2.75, 3.05) is 12.9 Å². The van der Waals surface area contributed by atoms with E-state index in [9.17, 15) is 23.1 Å². The lowest BCUT2D eigenvalue weighted by Gasteiger charge is -2.15. The Morgan fingerprint density at radius 3 is 2.18 bits per heavy atom. The molecule has 0 atom stereocenters. The number of aryl methyl sites for hydroxylation is 1. The van der Waals surface area contributed by atoms with Crippen LogP contribution in [0, 0.1) is 6.92 Å². The summed E-state index contributed by atoms with van der Waals surface area (Å²) in [7, 11) is -3.38. The van der Waals surface area contributed by atoms with Gasteiger partial charge in [-0.05, 0) is 42.7 Å². The third-order valence-electron chi connectivity index (χ3n) is 4.03. The van der Waals surface area contributed by atoms with E-state index in [4.69, 9.17) is 4.74 Å². The van der Waals surface area contributed by atoms with Crippen molar-refractivity contribution in [3.63, 3.8) is 0 Å². The van der Waals surface area contributed by atoms with Crippen LogP contribution in [0.4, 0.5) is 0 Å². The molecule has 0 saturated heterocycles. The Bertz CT molecular complexity index is 1020. The maximum Gasteiger partial charge on any atom is 0.335 e. The van der Waals surface area contributed by atoms with Crippen molar-refractivity contribution in [3.05, 3.63) is 70.8 Å². The Kier molecular flexibility index (Phi) is 6.75. The molecule has 0 aliphatic carbocycles. The number of carbonyl (C=O) groups excluding carboxylic acids is 1. The van der Waals surface area contributed by atoms with E-state index in [1.165, 1.54) is 12.1 Å². The van der Waals surface area contributed by atoms with Crippen LogP contribution in [-0.4, -0.2) is 38.3 Å². The predicted octanol–water partition coefficient (Wildman–Crippen LogP) is 3.24. The molecule has 2 aromatic rings. The van der Waals surface area contributed by atoms with Crippen LogP contribution in [0.2, 0.25) is 0 Å². The number of carbonyl (C=O) groups is 2. The Morgan fingerprint density at radius 1 is 1.04 bits per heavy atom.